The summed E-state index contributed by atoms with van der Waals surface area (Å²) < 4.78 is 17.4. The summed E-state index contributed by atoms with van der Waals surface area (Å²) in [6, 6.07) is 18.2. The molecule has 2 amide bonds. The number of hydrogen-bond donors (Lipinski definition) is 2. The number of ether oxygens (including phenoxy) is 3. The Hall–Kier alpha value is -5.45. The van der Waals surface area contributed by atoms with Gasteiger partial charge in [0.1, 0.15) is 17.8 Å². The van der Waals surface area contributed by atoms with E-state index in [0.717, 1.165) is 26.9 Å². The van der Waals surface area contributed by atoms with Crippen LogP contribution in [0.15, 0.2) is 73.1 Å². The van der Waals surface area contributed by atoms with Gasteiger partial charge in [0.2, 0.25) is 5.91 Å². The summed E-state index contributed by atoms with van der Waals surface area (Å²) in [6.45, 7) is 14.5. The number of nitrogens with one attached hydrogen (secondary N) is 2. The minimum absolute atomic E-state index is 0.127. The van der Waals surface area contributed by atoms with Crippen molar-refractivity contribution in [1.29, 1.82) is 0 Å². The summed E-state index contributed by atoms with van der Waals surface area (Å²) in [7, 11) is 0. The number of amides is 2. The molecule has 49 heavy (non-hydrogen) atoms. The van der Waals surface area contributed by atoms with Crippen LogP contribution in [-0.4, -0.2) is 45.0 Å². The zero-order valence-electron chi connectivity index (χ0n) is 29.3. The summed E-state index contributed by atoms with van der Waals surface area (Å²) in [5.41, 5.74) is 4.44. The number of nitrogens with zero attached hydrogens (tertiary/aromatic N) is 2. The van der Waals surface area contributed by atoms with Gasteiger partial charge < -0.3 is 19.5 Å². The van der Waals surface area contributed by atoms with Crippen molar-refractivity contribution in [2.24, 2.45) is 0 Å². The van der Waals surface area contributed by atoms with Crippen molar-refractivity contribution in [2.45, 2.75) is 86.0 Å². The van der Waals surface area contributed by atoms with Gasteiger partial charge in [-0.15, -0.1) is 0 Å². The minimum Gasteiger partial charge on any atom is -0.457 e. The number of esters is 1. The molecule has 3 aromatic carbocycles. The van der Waals surface area contributed by atoms with Crippen LogP contribution >= 0.6 is 0 Å². The van der Waals surface area contributed by atoms with Crippen LogP contribution < -0.4 is 10.6 Å². The van der Waals surface area contributed by atoms with E-state index in [4.69, 9.17) is 14.2 Å². The van der Waals surface area contributed by atoms with Crippen LogP contribution in [0.4, 0.5) is 21.0 Å². The van der Waals surface area contributed by atoms with Crippen molar-refractivity contribution in [1.82, 2.24) is 9.78 Å². The van der Waals surface area contributed by atoms with E-state index in [1.807, 2.05) is 50.2 Å². The Morgan fingerprint density at radius 2 is 1.49 bits per heavy atom. The topological polar surface area (TPSA) is 138 Å². The second-order valence-electron chi connectivity index (χ2n) is 13.8. The van der Waals surface area contributed by atoms with Crippen molar-refractivity contribution >= 4 is 35.4 Å². The first-order valence-electron chi connectivity index (χ1n) is 16.0. The molecule has 0 saturated heterocycles. The Morgan fingerprint density at radius 1 is 0.816 bits per heavy atom. The van der Waals surface area contributed by atoms with Crippen LogP contribution in [0.1, 0.15) is 80.6 Å². The maximum atomic E-state index is 13.3. The van der Waals surface area contributed by atoms with Gasteiger partial charge in [-0.05, 0) is 90.6 Å². The molecule has 0 radical (unpaired) electrons. The van der Waals surface area contributed by atoms with Gasteiger partial charge in [0.15, 0.2) is 0 Å². The Kier molecular flexibility index (Phi) is 11.3. The zero-order chi connectivity index (χ0) is 35.9. The summed E-state index contributed by atoms with van der Waals surface area (Å²) in [5, 5.41) is 9.82. The van der Waals surface area contributed by atoms with Crippen molar-refractivity contribution in [3.63, 3.8) is 0 Å². The largest absolute Gasteiger partial charge is 0.457 e. The Balaban J connectivity index is 1.46. The average molecular weight is 669 g/mol. The molecule has 0 aliphatic heterocycles. The van der Waals surface area contributed by atoms with Gasteiger partial charge in [-0.3, -0.25) is 10.1 Å². The number of aryl methyl sites for hydroxylation is 3. The van der Waals surface area contributed by atoms with E-state index in [-0.39, 0.29) is 24.9 Å². The molecule has 0 spiro atoms. The molecule has 1 heterocycles. The molecule has 4 aromatic rings. The highest BCUT2D eigenvalue weighted by atomic mass is 16.6. The lowest BCUT2D eigenvalue weighted by Crippen LogP contribution is -2.27. The molecule has 258 valence electrons. The van der Waals surface area contributed by atoms with Gasteiger partial charge in [0, 0.05) is 23.7 Å². The normalized spacial score (nSPS) is 11.4. The number of aromatic nitrogens is 2. The van der Waals surface area contributed by atoms with Crippen LogP contribution in [0, 0.1) is 13.8 Å². The number of rotatable bonds is 9. The molecule has 1 aromatic heterocycles. The first-order valence-corrected chi connectivity index (χ1v) is 16.0. The van der Waals surface area contributed by atoms with Gasteiger partial charge in [0.05, 0.1) is 23.1 Å². The first-order chi connectivity index (χ1) is 23.0. The molecule has 0 atom stereocenters. The third-order valence-corrected chi connectivity index (χ3v) is 7.07. The number of carbonyl (C=O) groups is 4. The summed E-state index contributed by atoms with van der Waals surface area (Å²) in [5.74, 6) is -0.679. The van der Waals surface area contributed by atoms with E-state index >= 15 is 0 Å². The minimum atomic E-state index is -0.739. The smallest absolute Gasteiger partial charge is 0.435 e. The van der Waals surface area contributed by atoms with Gasteiger partial charge in [-0.1, -0.05) is 54.1 Å². The third-order valence-electron chi connectivity index (χ3n) is 7.07. The van der Waals surface area contributed by atoms with Crippen molar-refractivity contribution in [2.75, 3.05) is 10.6 Å². The van der Waals surface area contributed by atoms with E-state index in [1.54, 1.807) is 65.8 Å². The fraction of sp³-hybridized carbons (Fsp3) is 0.342. The second kappa shape index (κ2) is 15.2. The fourth-order valence-electron chi connectivity index (χ4n) is 4.85. The van der Waals surface area contributed by atoms with E-state index in [9.17, 15) is 19.2 Å². The van der Waals surface area contributed by atoms with Gasteiger partial charge in [0.25, 0.3) is 0 Å². The van der Waals surface area contributed by atoms with Gasteiger partial charge in [-0.2, -0.15) is 9.78 Å². The standard InChI is InChI=1S/C38H44N4O7/c1-24-12-18-29(25(2)20-24)34(44)47-23-27-15-13-26(14-16-27)17-19-32(43)41-33-30(10-9-11-31(33)40-35(45)48-37(3,4)5)28-21-39-42(22-28)36(46)49-38(6,7)8/h9-16,18,20-22H,17,19,23H2,1-8H3,(H,40,45)(H,41,43). The maximum Gasteiger partial charge on any atom is 0.435 e. The van der Waals surface area contributed by atoms with Crippen LogP contribution in [0.2, 0.25) is 0 Å². The summed E-state index contributed by atoms with van der Waals surface area (Å²) in [4.78, 5) is 51.2. The number of para-hydroxylation sites is 1. The Bertz CT molecular complexity index is 1830. The quantitative estimate of drug-likeness (QED) is 0.134. The Morgan fingerprint density at radius 3 is 2.14 bits per heavy atom. The van der Waals surface area contributed by atoms with Crippen LogP contribution in [0.25, 0.3) is 11.1 Å². The van der Waals surface area contributed by atoms with Crippen LogP contribution in [0.5, 0.6) is 0 Å². The fourth-order valence-corrected chi connectivity index (χ4v) is 4.85. The average Bonchev–Trinajstić information content (AvgIpc) is 3.49. The van der Waals surface area contributed by atoms with Gasteiger partial charge >= 0.3 is 18.2 Å². The highest BCUT2D eigenvalue weighted by molar-refractivity contribution is 6.03. The SMILES string of the molecule is Cc1ccc(C(=O)OCc2ccc(CCC(=O)Nc3c(NC(=O)OC(C)(C)C)cccc3-c3cnn(C(=O)OC(C)(C)C)c3)cc2)c(C)c1. The van der Waals surface area contributed by atoms with E-state index < -0.39 is 23.4 Å². The highest BCUT2D eigenvalue weighted by Gasteiger charge is 2.22. The molecule has 0 unspecified atom stereocenters. The molecular formula is C38H44N4O7. The molecule has 11 heteroatoms. The third kappa shape index (κ3) is 10.8. The van der Waals surface area contributed by atoms with E-state index in [2.05, 4.69) is 15.7 Å². The number of carbonyl (C=O) groups excluding carboxylic acids is 4. The summed E-state index contributed by atoms with van der Waals surface area (Å²) >= 11 is 0. The summed E-state index contributed by atoms with van der Waals surface area (Å²) in [6.07, 6.45) is 2.20. The predicted molar refractivity (Wildman–Crippen MR) is 188 cm³/mol. The lowest BCUT2D eigenvalue weighted by atomic mass is 10.0. The maximum absolute atomic E-state index is 13.3. The molecule has 0 saturated carbocycles. The van der Waals surface area contributed by atoms with Crippen LogP contribution in [-0.2, 0) is 32.0 Å². The number of anilines is 2. The lowest BCUT2D eigenvalue weighted by molar-refractivity contribution is -0.116. The molecule has 11 nitrogen and oxygen atoms in total. The molecule has 0 aliphatic rings. The second-order valence-corrected chi connectivity index (χ2v) is 13.8. The zero-order valence-corrected chi connectivity index (χ0v) is 29.3. The lowest BCUT2D eigenvalue weighted by Gasteiger charge is -2.21. The Labute approximate surface area is 287 Å². The van der Waals surface area contributed by atoms with E-state index in [1.165, 1.54) is 12.4 Å². The van der Waals surface area contributed by atoms with Gasteiger partial charge in [-0.25, -0.2) is 14.4 Å². The van der Waals surface area contributed by atoms with Crippen molar-refractivity contribution in [3.05, 3.63) is 101 Å². The predicted octanol–water partition coefficient (Wildman–Crippen LogP) is 8.23. The molecule has 2 N–H and O–H groups in total. The molecule has 0 fully saturated rings. The van der Waals surface area contributed by atoms with Crippen LogP contribution in [0.3, 0.4) is 0 Å². The number of benzene rings is 3. The van der Waals surface area contributed by atoms with Crippen molar-refractivity contribution in [3.8, 4) is 11.1 Å². The van der Waals surface area contributed by atoms with Crippen molar-refractivity contribution < 1.29 is 33.4 Å². The molecular weight excluding hydrogens is 624 g/mol. The van der Waals surface area contributed by atoms with E-state index in [0.29, 0.717) is 34.5 Å². The highest BCUT2D eigenvalue weighted by Crippen LogP contribution is 2.35. The number of hydrogen-bond acceptors (Lipinski definition) is 8. The molecule has 4 rings (SSSR count). The molecule has 0 aliphatic carbocycles. The monoisotopic (exact) mass is 668 g/mol. The molecule has 0 bridgehead atoms. The first kappa shape index (κ1) is 36.4.